The molecule has 1 aromatic rings. The van der Waals surface area contributed by atoms with Crippen molar-refractivity contribution in [3.63, 3.8) is 0 Å². The highest BCUT2D eigenvalue weighted by Crippen LogP contribution is 2.22. The average molecular weight is 190 g/mol. The molecule has 1 rings (SSSR count). The fraction of sp³-hybridized carbons (Fsp3) is 0.385. The molecule has 0 bridgehead atoms. The topological polar surface area (TPSA) is 20.2 Å². The maximum absolute atomic E-state index is 9.97. The van der Waals surface area contributed by atoms with Gasteiger partial charge in [0, 0.05) is 0 Å². The van der Waals surface area contributed by atoms with Crippen LogP contribution in [0.2, 0.25) is 0 Å². The summed E-state index contributed by atoms with van der Waals surface area (Å²) in [5.41, 5.74) is 2.12. The van der Waals surface area contributed by atoms with Crippen LogP contribution in [0, 0.1) is 5.92 Å². The lowest BCUT2D eigenvalue weighted by molar-refractivity contribution is 0.181. The van der Waals surface area contributed by atoms with E-state index in [0.717, 1.165) is 11.1 Å². The molecule has 14 heavy (non-hydrogen) atoms. The van der Waals surface area contributed by atoms with Crippen LogP contribution in [0.4, 0.5) is 0 Å². The largest absolute Gasteiger partial charge is 0.388 e. The SMILES string of the molecule is C/C=C(\c1ccccc1)[C@H](O)C(C)C. The first-order valence-electron chi connectivity index (χ1n) is 5.06. The Balaban J connectivity index is 2.95. The third-order valence-electron chi connectivity index (χ3n) is 2.37. The summed E-state index contributed by atoms with van der Waals surface area (Å²) in [5, 5.41) is 9.97. The molecular formula is C13H18O. The molecule has 0 fully saturated rings. The van der Waals surface area contributed by atoms with Gasteiger partial charge in [-0.3, -0.25) is 0 Å². The monoisotopic (exact) mass is 190 g/mol. The van der Waals surface area contributed by atoms with Crippen LogP contribution >= 0.6 is 0 Å². The second kappa shape index (κ2) is 4.97. The smallest absolute Gasteiger partial charge is 0.0815 e. The second-order valence-corrected chi connectivity index (χ2v) is 3.80. The lowest BCUT2D eigenvalue weighted by Crippen LogP contribution is -2.16. The predicted octanol–water partition coefficient (Wildman–Crippen LogP) is 3.11. The van der Waals surface area contributed by atoms with Crippen LogP contribution in [-0.2, 0) is 0 Å². The van der Waals surface area contributed by atoms with E-state index in [2.05, 4.69) is 0 Å². The van der Waals surface area contributed by atoms with Crippen molar-refractivity contribution in [2.24, 2.45) is 5.92 Å². The number of benzene rings is 1. The molecule has 1 aromatic carbocycles. The van der Waals surface area contributed by atoms with Crippen molar-refractivity contribution in [3.8, 4) is 0 Å². The molecule has 1 atom stereocenters. The Morgan fingerprint density at radius 1 is 1.21 bits per heavy atom. The lowest BCUT2D eigenvalue weighted by Gasteiger charge is -2.18. The zero-order valence-corrected chi connectivity index (χ0v) is 9.07. The van der Waals surface area contributed by atoms with E-state index in [1.165, 1.54) is 0 Å². The molecule has 0 unspecified atom stereocenters. The quantitative estimate of drug-likeness (QED) is 0.776. The van der Waals surface area contributed by atoms with Crippen LogP contribution in [0.5, 0.6) is 0 Å². The highest BCUT2D eigenvalue weighted by Gasteiger charge is 2.15. The van der Waals surface area contributed by atoms with Gasteiger partial charge >= 0.3 is 0 Å². The Labute approximate surface area is 86.1 Å². The van der Waals surface area contributed by atoms with Gasteiger partial charge in [0.2, 0.25) is 0 Å². The molecule has 0 heterocycles. The summed E-state index contributed by atoms with van der Waals surface area (Å²) in [6, 6.07) is 10.0. The fourth-order valence-corrected chi connectivity index (χ4v) is 1.50. The lowest BCUT2D eigenvalue weighted by atomic mass is 9.93. The summed E-state index contributed by atoms with van der Waals surface area (Å²) in [5.74, 6) is 0.251. The van der Waals surface area contributed by atoms with Crippen LogP contribution < -0.4 is 0 Å². The van der Waals surface area contributed by atoms with Crippen LogP contribution in [0.25, 0.3) is 5.57 Å². The number of aliphatic hydroxyl groups is 1. The van der Waals surface area contributed by atoms with Crippen molar-refractivity contribution in [3.05, 3.63) is 42.0 Å². The first kappa shape index (κ1) is 11.0. The van der Waals surface area contributed by atoms with Crippen molar-refractivity contribution < 1.29 is 5.11 Å². The fourth-order valence-electron chi connectivity index (χ4n) is 1.50. The minimum absolute atomic E-state index is 0.251. The maximum atomic E-state index is 9.97. The Kier molecular flexibility index (Phi) is 3.90. The summed E-state index contributed by atoms with van der Waals surface area (Å²) in [7, 11) is 0. The van der Waals surface area contributed by atoms with Crippen molar-refractivity contribution in [1.29, 1.82) is 0 Å². The molecule has 0 aromatic heterocycles. The van der Waals surface area contributed by atoms with Crippen molar-refractivity contribution in [2.75, 3.05) is 0 Å². The molecule has 76 valence electrons. The van der Waals surface area contributed by atoms with E-state index in [9.17, 15) is 5.11 Å². The van der Waals surface area contributed by atoms with Gasteiger partial charge in [0.15, 0.2) is 0 Å². The van der Waals surface area contributed by atoms with E-state index in [-0.39, 0.29) is 12.0 Å². The molecule has 1 N–H and O–H groups in total. The molecule has 0 radical (unpaired) electrons. The van der Waals surface area contributed by atoms with Crippen LogP contribution in [0.1, 0.15) is 26.3 Å². The normalized spacial score (nSPS) is 14.5. The summed E-state index contributed by atoms with van der Waals surface area (Å²) in [6.45, 7) is 6.02. The molecule has 1 nitrogen and oxygen atoms in total. The van der Waals surface area contributed by atoms with Gasteiger partial charge in [-0.25, -0.2) is 0 Å². The highest BCUT2D eigenvalue weighted by atomic mass is 16.3. The summed E-state index contributed by atoms with van der Waals surface area (Å²) in [4.78, 5) is 0. The molecule has 0 spiro atoms. The molecule has 0 aliphatic carbocycles. The zero-order valence-electron chi connectivity index (χ0n) is 9.07. The number of hydrogen-bond acceptors (Lipinski definition) is 1. The van der Waals surface area contributed by atoms with E-state index in [4.69, 9.17) is 0 Å². The number of rotatable bonds is 3. The molecule has 0 aliphatic rings. The minimum atomic E-state index is -0.373. The van der Waals surface area contributed by atoms with Gasteiger partial charge in [0.05, 0.1) is 6.10 Å². The Bertz CT molecular complexity index is 298. The summed E-state index contributed by atoms with van der Waals surface area (Å²) < 4.78 is 0. The standard InChI is InChI=1S/C13H18O/c1-4-12(13(14)10(2)3)11-8-6-5-7-9-11/h4-10,13-14H,1-3H3/b12-4+/t13-/m1/s1. The summed E-state index contributed by atoms with van der Waals surface area (Å²) in [6.07, 6.45) is 1.61. The van der Waals surface area contributed by atoms with Crippen LogP contribution in [0.3, 0.4) is 0 Å². The van der Waals surface area contributed by atoms with Gasteiger partial charge in [0.25, 0.3) is 0 Å². The highest BCUT2D eigenvalue weighted by molar-refractivity contribution is 5.68. The third-order valence-corrected chi connectivity index (χ3v) is 2.37. The average Bonchev–Trinajstić information content (AvgIpc) is 2.20. The number of allylic oxidation sites excluding steroid dienone is 1. The van der Waals surface area contributed by atoms with Crippen LogP contribution in [-0.4, -0.2) is 11.2 Å². The van der Waals surface area contributed by atoms with E-state index >= 15 is 0 Å². The Morgan fingerprint density at radius 3 is 2.21 bits per heavy atom. The van der Waals surface area contributed by atoms with E-state index in [1.807, 2.05) is 57.2 Å². The molecule has 0 saturated heterocycles. The first-order chi connectivity index (χ1) is 6.66. The molecular weight excluding hydrogens is 172 g/mol. The first-order valence-corrected chi connectivity index (χ1v) is 5.06. The van der Waals surface area contributed by atoms with Crippen molar-refractivity contribution >= 4 is 5.57 Å². The third kappa shape index (κ3) is 2.46. The van der Waals surface area contributed by atoms with Gasteiger partial charge < -0.3 is 5.11 Å². The van der Waals surface area contributed by atoms with Gasteiger partial charge in [-0.2, -0.15) is 0 Å². The van der Waals surface area contributed by atoms with Gasteiger partial charge in [-0.1, -0.05) is 50.3 Å². The minimum Gasteiger partial charge on any atom is -0.388 e. The number of hydrogen-bond donors (Lipinski definition) is 1. The van der Waals surface area contributed by atoms with Crippen LogP contribution in [0.15, 0.2) is 36.4 Å². The van der Waals surface area contributed by atoms with E-state index in [0.29, 0.717) is 0 Å². The van der Waals surface area contributed by atoms with E-state index < -0.39 is 0 Å². The van der Waals surface area contributed by atoms with Gasteiger partial charge in [0.1, 0.15) is 0 Å². The molecule has 0 saturated carbocycles. The van der Waals surface area contributed by atoms with Crippen molar-refractivity contribution in [1.82, 2.24) is 0 Å². The predicted molar refractivity (Wildman–Crippen MR) is 60.9 cm³/mol. The van der Waals surface area contributed by atoms with Gasteiger partial charge in [-0.15, -0.1) is 0 Å². The van der Waals surface area contributed by atoms with Gasteiger partial charge in [-0.05, 0) is 24.0 Å². The second-order valence-electron chi connectivity index (χ2n) is 3.80. The maximum Gasteiger partial charge on any atom is 0.0815 e. The summed E-state index contributed by atoms with van der Waals surface area (Å²) >= 11 is 0. The molecule has 0 aliphatic heterocycles. The molecule has 1 heteroatoms. The zero-order chi connectivity index (χ0) is 10.6. The Morgan fingerprint density at radius 2 is 1.79 bits per heavy atom. The van der Waals surface area contributed by atoms with Crippen molar-refractivity contribution in [2.45, 2.75) is 26.9 Å². The Hall–Kier alpha value is -1.08. The molecule has 0 amide bonds. The number of aliphatic hydroxyl groups excluding tert-OH is 1. The van der Waals surface area contributed by atoms with E-state index in [1.54, 1.807) is 0 Å².